The van der Waals surface area contributed by atoms with Crippen LogP contribution in [-0.4, -0.2) is 11.7 Å². The largest absolute Gasteiger partial charge is 0.395 e. The van der Waals surface area contributed by atoms with Crippen molar-refractivity contribution in [2.45, 2.75) is 39.0 Å². The van der Waals surface area contributed by atoms with Gasteiger partial charge in [-0.25, -0.2) is 0 Å². The maximum Gasteiger partial charge on any atom is 0.0522 e. The van der Waals surface area contributed by atoms with Crippen LogP contribution in [-0.2, 0) is 11.8 Å². The van der Waals surface area contributed by atoms with Gasteiger partial charge in [-0.1, -0.05) is 55.3 Å². The van der Waals surface area contributed by atoms with Crippen LogP contribution in [0.4, 0.5) is 0 Å². The minimum Gasteiger partial charge on any atom is -0.395 e. The zero-order valence-corrected chi connectivity index (χ0v) is 11.3. The van der Waals surface area contributed by atoms with E-state index in [1.54, 1.807) is 0 Å². The molecule has 0 saturated heterocycles. The molecule has 2 heteroatoms. The summed E-state index contributed by atoms with van der Waals surface area (Å²) >= 11 is 3.59. The summed E-state index contributed by atoms with van der Waals surface area (Å²) < 4.78 is 1.16. The lowest BCUT2D eigenvalue weighted by molar-refractivity contribution is 0.218. The fourth-order valence-corrected chi connectivity index (χ4v) is 2.11. The van der Waals surface area contributed by atoms with Gasteiger partial charge < -0.3 is 5.11 Å². The summed E-state index contributed by atoms with van der Waals surface area (Å²) in [5.41, 5.74) is 2.36. The van der Waals surface area contributed by atoms with E-state index in [9.17, 15) is 5.11 Å². The lowest BCUT2D eigenvalue weighted by atomic mass is 9.85. The average Bonchev–Trinajstić information content (AvgIpc) is 2.21. The van der Waals surface area contributed by atoms with Crippen molar-refractivity contribution in [3.63, 3.8) is 0 Å². The Bertz CT molecular complexity index is 331. The molecule has 1 rings (SSSR count). The number of aliphatic hydroxyl groups is 1. The Hall–Kier alpha value is -0.340. The molecule has 0 unspecified atom stereocenters. The van der Waals surface area contributed by atoms with Crippen LogP contribution in [0.2, 0.25) is 0 Å². The molecule has 0 radical (unpaired) electrons. The molecule has 0 saturated carbocycles. The Morgan fingerprint density at radius 3 is 2.47 bits per heavy atom. The molecule has 0 amide bonds. The smallest absolute Gasteiger partial charge is 0.0522 e. The van der Waals surface area contributed by atoms with E-state index in [4.69, 9.17) is 0 Å². The third kappa shape index (κ3) is 3.05. The maximum atomic E-state index is 9.30. The summed E-state index contributed by atoms with van der Waals surface area (Å²) in [6, 6.07) is 6.40. The summed E-state index contributed by atoms with van der Waals surface area (Å²) in [6.07, 6.45) is 2.25. The van der Waals surface area contributed by atoms with Crippen LogP contribution in [0.5, 0.6) is 0 Å². The molecule has 0 aliphatic rings. The molecule has 0 aliphatic carbocycles. The molecule has 0 bridgehead atoms. The van der Waals surface area contributed by atoms with Crippen LogP contribution < -0.4 is 0 Å². The van der Waals surface area contributed by atoms with Crippen molar-refractivity contribution in [2.75, 3.05) is 6.61 Å². The molecule has 0 fully saturated rings. The fraction of sp³-hybridized carbons (Fsp3) is 0.538. The highest BCUT2D eigenvalue weighted by molar-refractivity contribution is 9.10. The van der Waals surface area contributed by atoms with Gasteiger partial charge in [0.25, 0.3) is 0 Å². The van der Waals surface area contributed by atoms with Crippen molar-refractivity contribution in [1.29, 1.82) is 0 Å². The van der Waals surface area contributed by atoms with Crippen molar-refractivity contribution in [3.05, 3.63) is 33.8 Å². The first-order valence-electron chi connectivity index (χ1n) is 5.41. The molecule has 1 N–H and O–H groups in total. The summed E-state index contributed by atoms with van der Waals surface area (Å²) in [7, 11) is 0. The summed E-state index contributed by atoms with van der Waals surface area (Å²) in [5.74, 6) is 0. The predicted octanol–water partition coefficient (Wildman–Crippen LogP) is 3.67. The highest BCUT2D eigenvalue weighted by atomic mass is 79.9. The molecular formula is C13H19BrO. The predicted molar refractivity (Wildman–Crippen MR) is 68.2 cm³/mol. The highest BCUT2D eigenvalue weighted by Gasteiger charge is 2.19. The highest BCUT2D eigenvalue weighted by Crippen LogP contribution is 2.28. The first-order chi connectivity index (χ1) is 7.01. The lowest BCUT2D eigenvalue weighted by Crippen LogP contribution is -2.22. The molecule has 1 aromatic rings. The Balaban J connectivity index is 3.01. The monoisotopic (exact) mass is 270 g/mol. The number of rotatable bonds is 4. The third-order valence-corrected chi connectivity index (χ3v) is 3.49. The van der Waals surface area contributed by atoms with E-state index in [1.165, 1.54) is 11.1 Å². The van der Waals surface area contributed by atoms with Gasteiger partial charge in [0.2, 0.25) is 0 Å². The normalized spacial score (nSPS) is 11.8. The minimum absolute atomic E-state index is 0.159. The summed E-state index contributed by atoms with van der Waals surface area (Å²) in [6.45, 7) is 6.45. The molecule has 0 aromatic heterocycles. The number of hydrogen-bond acceptors (Lipinski definition) is 1. The van der Waals surface area contributed by atoms with Gasteiger partial charge in [-0.3, -0.25) is 0 Å². The third-order valence-electron chi connectivity index (χ3n) is 2.75. The van der Waals surface area contributed by atoms with E-state index in [-0.39, 0.29) is 12.0 Å². The SMILES string of the molecule is CCCc1ccc(C(C)(C)CO)cc1Br. The van der Waals surface area contributed by atoms with E-state index in [0.717, 1.165) is 17.3 Å². The fourth-order valence-electron chi connectivity index (χ4n) is 1.53. The van der Waals surface area contributed by atoms with Crippen molar-refractivity contribution < 1.29 is 5.11 Å². The van der Waals surface area contributed by atoms with E-state index < -0.39 is 0 Å². The quantitative estimate of drug-likeness (QED) is 0.885. The molecule has 1 nitrogen and oxygen atoms in total. The van der Waals surface area contributed by atoms with Gasteiger partial charge in [-0.2, -0.15) is 0 Å². The second-order valence-corrected chi connectivity index (χ2v) is 5.45. The van der Waals surface area contributed by atoms with Gasteiger partial charge in [0.05, 0.1) is 6.61 Å². The van der Waals surface area contributed by atoms with Gasteiger partial charge in [-0.15, -0.1) is 0 Å². The van der Waals surface area contributed by atoms with Crippen molar-refractivity contribution in [3.8, 4) is 0 Å². The Labute approximate surface area is 101 Å². The van der Waals surface area contributed by atoms with Gasteiger partial charge in [0.15, 0.2) is 0 Å². The van der Waals surface area contributed by atoms with Gasteiger partial charge in [0, 0.05) is 9.89 Å². The zero-order valence-electron chi connectivity index (χ0n) is 9.68. The average molecular weight is 271 g/mol. The van der Waals surface area contributed by atoms with Gasteiger partial charge in [-0.05, 0) is 23.6 Å². The standard InChI is InChI=1S/C13H19BrO/c1-4-5-10-6-7-11(8-12(10)14)13(2,3)9-15/h6-8,15H,4-5,9H2,1-3H3. The van der Waals surface area contributed by atoms with Crippen molar-refractivity contribution in [2.24, 2.45) is 0 Å². The second-order valence-electron chi connectivity index (χ2n) is 4.60. The van der Waals surface area contributed by atoms with E-state index in [0.29, 0.717) is 0 Å². The number of halogens is 1. The van der Waals surface area contributed by atoms with Gasteiger partial charge >= 0.3 is 0 Å². The van der Waals surface area contributed by atoms with E-state index in [1.807, 2.05) is 13.8 Å². The topological polar surface area (TPSA) is 20.2 Å². The van der Waals surface area contributed by atoms with Gasteiger partial charge in [0.1, 0.15) is 0 Å². The summed E-state index contributed by atoms with van der Waals surface area (Å²) in [4.78, 5) is 0. The minimum atomic E-state index is -0.159. The maximum absolute atomic E-state index is 9.30. The molecule has 15 heavy (non-hydrogen) atoms. The molecule has 0 atom stereocenters. The Morgan fingerprint density at radius 1 is 1.33 bits per heavy atom. The molecule has 0 aliphatic heterocycles. The first-order valence-corrected chi connectivity index (χ1v) is 6.20. The number of benzene rings is 1. The molecule has 0 spiro atoms. The number of aliphatic hydroxyl groups excluding tert-OH is 1. The zero-order chi connectivity index (χ0) is 11.5. The Morgan fingerprint density at radius 2 is 2.00 bits per heavy atom. The van der Waals surface area contributed by atoms with E-state index >= 15 is 0 Å². The first kappa shape index (κ1) is 12.7. The molecule has 84 valence electrons. The van der Waals surface area contributed by atoms with Crippen molar-refractivity contribution in [1.82, 2.24) is 0 Å². The second kappa shape index (κ2) is 5.13. The molecule has 1 aromatic carbocycles. The number of hydrogen-bond donors (Lipinski definition) is 1. The lowest BCUT2D eigenvalue weighted by Gasteiger charge is -2.23. The van der Waals surface area contributed by atoms with Crippen LogP contribution in [0.25, 0.3) is 0 Å². The van der Waals surface area contributed by atoms with Crippen LogP contribution >= 0.6 is 15.9 Å². The van der Waals surface area contributed by atoms with Crippen molar-refractivity contribution >= 4 is 15.9 Å². The molecular weight excluding hydrogens is 252 g/mol. The number of aryl methyl sites for hydroxylation is 1. The Kier molecular flexibility index (Phi) is 4.35. The van der Waals surface area contributed by atoms with E-state index in [2.05, 4.69) is 41.1 Å². The molecule has 0 heterocycles. The van der Waals surface area contributed by atoms with Crippen LogP contribution in [0, 0.1) is 0 Å². The van der Waals surface area contributed by atoms with Crippen LogP contribution in [0.1, 0.15) is 38.3 Å². The van der Waals surface area contributed by atoms with Crippen LogP contribution in [0.15, 0.2) is 22.7 Å². The summed E-state index contributed by atoms with van der Waals surface area (Å²) in [5, 5.41) is 9.30. The van der Waals surface area contributed by atoms with Crippen LogP contribution in [0.3, 0.4) is 0 Å².